The van der Waals surface area contributed by atoms with E-state index in [9.17, 15) is 9.59 Å². The largest absolute Gasteiger partial charge is 0.465 e. The highest BCUT2D eigenvalue weighted by atomic mass is 16.5. The summed E-state index contributed by atoms with van der Waals surface area (Å²) in [5.74, 6) is -0.664. The molecule has 0 unspecified atom stereocenters. The highest BCUT2D eigenvalue weighted by molar-refractivity contribution is 5.95. The van der Waals surface area contributed by atoms with Crippen molar-refractivity contribution in [2.75, 3.05) is 20.2 Å². The molecule has 1 rings (SSSR count). The van der Waals surface area contributed by atoms with E-state index in [4.69, 9.17) is 4.74 Å². The highest BCUT2D eigenvalue weighted by Gasteiger charge is 2.15. The molecule has 0 aliphatic carbocycles. The maximum Gasteiger partial charge on any atom is 0.325 e. The fourth-order valence-electron chi connectivity index (χ4n) is 1.18. The Balaban J connectivity index is 2.58. The van der Waals surface area contributed by atoms with Crippen LogP contribution >= 0.6 is 0 Å². The van der Waals surface area contributed by atoms with E-state index in [1.54, 1.807) is 32.3 Å². The second-order valence-corrected chi connectivity index (χ2v) is 3.21. The minimum absolute atomic E-state index is 0.0540. The Morgan fingerprint density at radius 2 is 2.25 bits per heavy atom. The Hall–Kier alpha value is -1.91. The molecule has 1 heterocycles. The van der Waals surface area contributed by atoms with Crippen LogP contribution in [-0.2, 0) is 9.53 Å². The van der Waals surface area contributed by atoms with Gasteiger partial charge in [-0.3, -0.25) is 14.6 Å². The first kappa shape index (κ1) is 12.2. The van der Waals surface area contributed by atoms with Gasteiger partial charge in [-0.05, 0) is 19.1 Å². The van der Waals surface area contributed by atoms with Gasteiger partial charge in [-0.15, -0.1) is 0 Å². The van der Waals surface area contributed by atoms with Crippen molar-refractivity contribution in [2.24, 2.45) is 0 Å². The number of aromatic nitrogens is 1. The number of hydrogen-bond donors (Lipinski definition) is 0. The standard InChI is InChI=1S/C11H14N2O3/c1-3-16-10(14)8-13(2)11(15)9-5-4-6-12-7-9/h4-7H,3,8H2,1-2H3. The van der Waals surface area contributed by atoms with Crippen molar-refractivity contribution >= 4 is 11.9 Å². The third-order valence-corrected chi connectivity index (χ3v) is 1.93. The Kier molecular flexibility index (Phi) is 4.44. The van der Waals surface area contributed by atoms with Crippen molar-refractivity contribution < 1.29 is 14.3 Å². The molecule has 0 spiro atoms. The SMILES string of the molecule is CCOC(=O)CN(C)C(=O)c1cccnc1. The summed E-state index contributed by atoms with van der Waals surface area (Å²) in [6, 6.07) is 3.32. The van der Waals surface area contributed by atoms with E-state index in [0.29, 0.717) is 12.2 Å². The van der Waals surface area contributed by atoms with E-state index in [2.05, 4.69) is 4.98 Å². The van der Waals surface area contributed by atoms with Crippen molar-refractivity contribution in [2.45, 2.75) is 6.92 Å². The molecule has 0 aliphatic heterocycles. The van der Waals surface area contributed by atoms with E-state index < -0.39 is 5.97 Å². The van der Waals surface area contributed by atoms with Gasteiger partial charge in [-0.25, -0.2) is 0 Å². The fraction of sp³-hybridized carbons (Fsp3) is 0.364. The molecule has 16 heavy (non-hydrogen) atoms. The summed E-state index contributed by atoms with van der Waals surface area (Å²) < 4.78 is 4.75. The Morgan fingerprint density at radius 3 is 2.81 bits per heavy atom. The Bertz CT molecular complexity index is 365. The van der Waals surface area contributed by atoms with Crippen LogP contribution in [0.2, 0.25) is 0 Å². The van der Waals surface area contributed by atoms with Crippen LogP contribution in [0.25, 0.3) is 0 Å². The van der Waals surface area contributed by atoms with Crippen LogP contribution < -0.4 is 0 Å². The van der Waals surface area contributed by atoms with Gasteiger partial charge in [0.2, 0.25) is 0 Å². The summed E-state index contributed by atoms with van der Waals surface area (Å²) in [5.41, 5.74) is 0.453. The van der Waals surface area contributed by atoms with Gasteiger partial charge in [-0.2, -0.15) is 0 Å². The predicted molar refractivity (Wildman–Crippen MR) is 57.8 cm³/mol. The van der Waals surface area contributed by atoms with Crippen LogP contribution in [0.3, 0.4) is 0 Å². The predicted octanol–water partition coefficient (Wildman–Crippen LogP) is 0.717. The van der Waals surface area contributed by atoms with Gasteiger partial charge >= 0.3 is 5.97 Å². The Labute approximate surface area is 94.0 Å². The van der Waals surface area contributed by atoms with Crippen molar-refractivity contribution in [3.05, 3.63) is 30.1 Å². The van der Waals surface area contributed by atoms with Crippen molar-refractivity contribution in [3.63, 3.8) is 0 Å². The molecule has 0 aliphatic rings. The lowest BCUT2D eigenvalue weighted by Gasteiger charge is -2.15. The van der Waals surface area contributed by atoms with Gasteiger partial charge in [0.05, 0.1) is 12.2 Å². The summed E-state index contributed by atoms with van der Waals surface area (Å²) in [5, 5.41) is 0. The van der Waals surface area contributed by atoms with Gasteiger partial charge < -0.3 is 9.64 Å². The van der Waals surface area contributed by atoms with Gasteiger partial charge in [0.25, 0.3) is 5.91 Å². The fourth-order valence-corrected chi connectivity index (χ4v) is 1.18. The molecule has 0 bridgehead atoms. The zero-order chi connectivity index (χ0) is 12.0. The van der Waals surface area contributed by atoms with E-state index in [1.807, 2.05) is 0 Å². The van der Waals surface area contributed by atoms with Crippen LogP contribution in [0, 0.1) is 0 Å². The smallest absolute Gasteiger partial charge is 0.325 e. The van der Waals surface area contributed by atoms with Crippen LogP contribution in [0.15, 0.2) is 24.5 Å². The molecule has 0 aromatic carbocycles. The zero-order valence-corrected chi connectivity index (χ0v) is 9.34. The lowest BCUT2D eigenvalue weighted by molar-refractivity contribution is -0.143. The molecule has 0 radical (unpaired) electrons. The maximum atomic E-state index is 11.8. The first-order chi connectivity index (χ1) is 7.65. The summed E-state index contributed by atoms with van der Waals surface area (Å²) >= 11 is 0. The molecule has 1 aromatic rings. The number of likely N-dealkylation sites (N-methyl/N-ethyl adjacent to an activating group) is 1. The average Bonchev–Trinajstić information content (AvgIpc) is 2.29. The molecule has 86 valence electrons. The van der Waals surface area contributed by atoms with E-state index in [0.717, 1.165) is 0 Å². The van der Waals surface area contributed by atoms with Crippen molar-refractivity contribution in [1.82, 2.24) is 9.88 Å². The molecule has 5 heteroatoms. The zero-order valence-electron chi connectivity index (χ0n) is 9.34. The first-order valence-electron chi connectivity index (χ1n) is 4.96. The van der Waals surface area contributed by atoms with Crippen LogP contribution in [0.5, 0.6) is 0 Å². The minimum Gasteiger partial charge on any atom is -0.465 e. The number of hydrogen-bond acceptors (Lipinski definition) is 4. The molecule has 1 aromatic heterocycles. The molecule has 0 N–H and O–H groups in total. The third-order valence-electron chi connectivity index (χ3n) is 1.93. The molecule has 0 saturated carbocycles. The van der Waals surface area contributed by atoms with E-state index in [1.165, 1.54) is 11.1 Å². The lowest BCUT2D eigenvalue weighted by atomic mass is 10.2. The summed E-state index contributed by atoms with van der Waals surface area (Å²) in [4.78, 5) is 28.1. The minimum atomic E-state index is -0.415. The molecule has 1 amide bonds. The molecule has 0 atom stereocenters. The molecule has 5 nitrogen and oxygen atoms in total. The van der Waals surface area contributed by atoms with Gasteiger partial charge in [-0.1, -0.05) is 0 Å². The van der Waals surface area contributed by atoms with Gasteiger partial charge in [0, 0.05) is 19.4 Å². The lowest BCUT2D eigenvalue weighted by Crippen LogP contribution is -2.33. The van der Waals surface area contributed by atoms with Crippen molar-refractivity contribution in [3.8, 4) is 0 Å². The summed E-state index contributed by atoms with van der Waals surface area (Å²) in [7, 11) is 1.55. The maximum absolute atomic E-state index is 11.8. The van der Waals surface area contributed by atoms with Crippen molar-refractivity contribution in [1.29, 1.82) is 0 Å². The van der Waals surface area contributed by atoms with Gasteiger partial charge in [0.1, 0.15) is 6.54 Å². The second kappa shape index (κ2) is 5.85. The monoisotopic (exact) mass is 222 g/mol. The highest BCUT2D eigenvalue weighted by Crippen LogP contribution is 2.01. The number of esters is 1. The second-order valence-electron chi connectivity index (χ2n) is 3.21. The summed E-state index contributed by atoms with van der Waals surface area (Å²) in [6.07, 6.45) is 3.05. The quantitative estimate of drug-likeness (QED) is 0.704. The molecule has 0 saturated heterocycles. The van der Waals surface area contributed by atoms with Crippen LogP contribution in [0.4, 0.5) is 0 Å². The number of nitrogens with zero attached hydrogens (tertiary/aromatic N) is 2. The third kappa shape index (κ3) is 3.34. The number of ether oxygens (including phenoxy) is 1. The number of rotatable bonds is 4. The molecule has 0 fully saturated rings. The van der Waals surface area contributed by atoms with E-state index in [-0.39, 0.29) is 12.5 Å². The first-order valence-corrected chi connectivity index (χ1v) is 4.96. The van der Waals surface area contributed by atoms with Gasteiger partial charge in [0.15, 0.2) is 0 Å². The normalized spacial score (nSPS) is 9.62. The molecular weight excluding hydrogens is 208 g/mol. The molecular formula is C11H14N2O3. The Morgan fingerprint density at radius 1 is 1.50 bits per heavy atom. The average molecular weight is 222 g/mol. The summed E-state index contributed by atoms with van der Waals surface area (Å²) in [6.45, 7) is 1.98. The number of carbonyl (C=O) groups is 2. The number of pyridine rings is 1. The number of carbonyl (C=O) groups excluding carboxylic acids is 2. The number of amides is 1. The topological polar surface area (TPSA) is 59.5 Å². The van der Waals surface area contributed by atoms with Crippen LogP contribution in [0.1, 0.15) is 17.3 Å². The van der Waals surface area contributed by atoms with E-state index >= 15 is 0 Å². The van der Waals surface area contributed by atoms with Crippen LogP contribution in [-0.4, -0.2) is 42.0 Å².